The van der Waals surface area contributed by atoms with E-state index in [4.69, 9.17) is 0 Å². The number of aliphatic imine (C=N–C) groups is 1. The standard InChI is InChI=1S/C18H29N5O.HI/c1-19-18(20-11-5-12-22(2)3)21-14-15-7-9-16(10-8-15)23-13-4-6-17(23)24;/h7-10H,4-6,11-14H2,1-3H3,(H2,19,20,21);1H. The van der Waals surface area contributed by atoms with Gasteiger partial charge in [0, 0.05) is 38.8 Å². The van der Waals surface area contributed by atoms with Crippen LogP contribution >= 0.6 is 24.0 Å². The van der Waals surface area contributed by atoms with E-state index < -0.39 is 0 Å². The number of carbonyl (C=O) groups is 1. The minimum Gasteiger partial charge on any atom is -0.356 e. The van der Waals surface area contributed by atoms with Gasteiger partial charge in [-0.1, -0.05) is 12.1 Å². The van der Waals surface area contributed by atoms with E-state index in [1.807, 2.05) is 17.0 Å². The van der Waals surface area contributed by atoms with Gasteiger partial charge in [-0.2, -0.15) is 0 Å². The van der Waals surface area contributed by atoms with Gasteiger partial charge in [-0.05, 0) is 51.2 Å². The predicted molar refractivity (Wildman–Crippen MR) is 115 cm³/mol. The molecule has 6 nitrogen and oxygen atoms in total. The molecule has 1 amide bonds. The van der Waals surface area contributed by atoms with Crippen LogP contribution in [0.25, 0.3) is 0 Å². The highest BCUT2D eigenvalue weighted by atomic mass is 127. The average Bonchev–Trinajstić information content (AvgIpc) is 3.00. The molecule has 0 spiro atoms. The minimum atomic E-state index is 0. The maximum Gasteiger partial charge on any atom is 0.227 e. The first kappa shape index (κ1) is 21.7. The van der Waals surface area contributed by atoms with Crippen molar-refractivity contribution < 1.29 is 4.79 Å². The van der Waals surface area contributed by atoms with Crippen LogP contribution in [0, 0.1) is 0 Å². The number of amides is 1. The van der Waals surface area contributed by atoms with Gasteiger partial charge >= 0.3 is 0 Å². The highest BCUT2D eigenvalue weighted by Gasteiger charge is 2.21. The summed E-state index contributed by atoms with van der Waals surface area (Å²) >= 11 is 0. The van der Waals surface area contributed by atoms with E-state index in [0.29, 0.717) is 13.0 Å². The van der Waals surface area contributed by atoms with Crippen LogP contribution in [-0.2, 0) is 11.3 Å². The third-order valence-corrected chi connectivity index (χ3v) is 4.08. The molecule has 1 aromatic rings. The van der Waals surface area contributed by atoms with Gasteiger partial charge in [0.05, 0.1) is 0 Å². The van der Waals surface area contributed by atoms with Gasteiger partial charge in [0.1, 0.15) is 0 Å². The topological polar surface area (TPSA) is 60.0 Å². The Labute approximate surface area is 168 Å². The van der Waals surface area contributed by atoms with E-state index in [1.165, 1.54) is 5.56 Å². The second-order valence-corrected chi connectivity index (χ2v) is 6.32. The van der Waals surface area contributed by atoms with Crippen LogP contribution in [0.2, 0.25) is 0 Å². The predicted octanol–water partition coefficient (Wildman–Crippen LogP) is 2.05. The Kier molecular flexibility index (Phi) is 9.81. The van der Waals surface area contributed by atoms with E-state index in [1.54, 1.807) is 7.05 Å². The molecule has 0 unspecified atom stereocenters. The molecular formula is C18H30IN5O. The molecule has 0 saturated carbocycles. The zero-order valence-electron chi connectivity index (χ0n) is 15.4. The largest absolute Gasteiger partial charge is 0.356 e. The highest BCUT2D eigenvalue weighted by Crippen LogP contribution is 2.21. The smallest absolute Gasteiger partial charge is 0.227 e. The van der Waals surface area contributed by atoms with Crippen LogP contribution < -0.4 is 15.5 Å². The van der Waals surface area contributed by atoms with Crippen molar-refractivity contribution in [1.82, 2.24) is 15.5 Å². The van der Waals surface area contributed by atoms with Crippen LogP contribution in [0.1, 0.15) is 24.8 Å². The number of guanidine groups is 1. The summed E-state index contributed by atoms with van der Waals surface area (Å²) in [7, 11) is 5.93. The molecule has 0 aromatic heterocycles. The van der Waals surface area contributed by atoms with Gasteiger partial charge in [-0.3, -0.25) is 9.79 Å². The van der Waals surface area contributed by atoms with Crippen molar-refractivity contribution in [2.45, 2.75) is 25.8 Å². The van der Waals surface area contributed by atoms with Crippen LogP contribution in [0.4, 0.5) is 5.69 Å². The van der Waals surface area contributed by atoms with Crippen molar-refractivity contribution in [2.75, 3.05) is 45.7 Å². The molecule has 1 fully saturated rings. The van der Waals surface area contributed by atoms with Crippen molar-refractivity contribution in [3.63, 3.8) is 0 Å². The van der Waals surface area contributed by atoms with Gasteiger partial charge in [0.25, 0.3) is 0 Å². The van der Waals surface area contributed by atoms with E-state index in [-0.39, 0.29) is 29.9 Å². The third-order valence-electron chi connectivity index (χ3n) is 4.08. The van der Waals surface area contributed by atoms with E-state index in [0.717, 1.165) is 44.1 Å². The summed E-state index contributed by atoms with van der Waals surface area (Å²) in [6.45, 7) is 3.50. The van der Waals surface area contributed by atoms with Crippen molar-refractivity contribution >= 4 is 41.5 Å². The zero-order chi connectivity index (χ0) is 17.4. The second kappa shape index (κ2) is 11.3. The number of hydrogen-bond acceptors (Lipinski definition) is 3. The van der Waals surface area contributed by atoms with Crippen molar-refractivity contribution in [3.05, 3.63) is 29.8 Å². The number of hydrogen-bond donors (Lipinski definition) is 2. The summed E-state index contributed by atoms with van der Waals surface area (Å²) < 4.78 is 0. The van der Waals surface area contributed by atoms with Crippen LogP contribution in [0.3, 0.4) is 0 Å². The van der Waals surface area contributed by atoms with Gasteiger partial charge in [-0.25, -0.2) is 0 Å². The Morgan fingerprint density at radius 2 is 1.96 bits per heavy atom. The first-order valence-electron chi connectivity index (χ1n) is 8.58. The van der Waals surface area contributed by atoms with Crippen molar-refractivity contribution in [1.29, 1.82) is 0 Å². The van der Waals surface area contributed by atoms with Crippen LogP contribution in [0.5, 0.6) is 0 Å². The molecule has 1 heterocycles. The quantitative estimate of drug-likeness (QED) is 0.284. The van der Waals surface area contributed by atoms with Crippen LogP contribution in [0.15, 0.2) is 29.3 Å². The molecule has 0 radical (unpaired) electrons. The van der Waals surface area contributed by atoms with Gasteiger partial charge in [0.2, 0.25) is 5.91 Å². The minimum absolute atomic E-state index is 0. The van der Waals surface area contributed by atoms with Gasteiger partial charge in [0.15, 0.2) is 5.96 Å². The molecule has 7 heteroatoms. The zero-order valence-corrected chi connectivity index (χ0v) is 17.7. The fourth-order valence-electron chi connectivity index (χ4n) is 2.72. The number of halogens is 1. The molecule has 0 aliphatic carbocycles. The number of nitrogens with one attached hydrogen (secondary N) is 2. The van der Waals surface area contributed by atoms with Gasteiger partial charge < -0.3 is 20.4 Å². The summed E-state index contributed by atoms with van der Waals surface area (Å²) in [5.41, 5.74) is 2.16. The molecular weight excluding hydrogens is 429 g/mol. The number of carbonyl (C=O) groups excluding carboxylic acids is 1. The lowest BCUT2D eigenvalue weighted by molar-refractivity contribution is -0.117. The number of nitrogens with zero attached hydrogens (tertiary/aromatic N) is 3. The summed E-state index contributed by atoms with van der Waals surface area (Å²) in [5, 5.41) is 6.63. The number of benzene rings is 1. The lowest BCUT2D eigenvalue weighted by atomic mass is 10.2. The normalized spacial score (nSPS) is 14.6. The first-order valence-corrected chi connectivity index (χ1v) is 8.58. The Bertz CT molecular complexity index is 559. The fraction of sp³-hybridized carbons (Fsp3) is 0.556. The first-order chi connectivity index (χ1) is 11.6. The average molecular weight is 459 g/mol. The molecule has 2 N–H and O–H groups in total. The lowest BCUT2D eigenvalue weighted by Gasteiger charge is -2.16. The number of anilines is 1. The monoisotopic (exact) mass is 459 g/mol. The second-order valence-electron chi connectivity index (χ2n) is 6.32. The lowest BCUT2D eigenvalue weighted by Crippen LogP contribution is -2.38. The molecule has 1 aliphatic rings. The molecule has 1 saturated heterocycles. The van der Waals surface area contributed by atoms with E-state index >= 15 is 0 Å². The van der Waals surface area contributed by atoms with E-state index in [9.17, 15) is 4.79 Å². The molecule has 0 atom stereocenters. The summed E-state index contributed by atoms with van der Waals surface area (Å²) in [5.74, 6) is 1.04. The Morgan fingerprint density at radius 1 is 1.24 bits per heavy atom. The third kappa shape index (κ3) is 7.19. The molecule has 140 valence electrons. The summed E-state index contributed by atoms with van der Waals surface area (Å²) in [6, 6.07) is 8.17. The van der Waals surface area contributed by atoms with E-state index in [2.05, 4.69) is 46.8 Å². The van der Waals surface area contributed by atoms with Crippen molar-refractivity contribution in [2.24, 2.45) is 4.99 Å². The molecule has 25 heavy (non-hydrogen) atoms. The Hall–Kier alpha value is -1.35. The van der Waals surface area contributed by atoms with Crippen molar-refractivity contribution in [3.8, 4) is 0 Å². The molecule has 1 aromatic carbocycles. The summed E-state index contributed by atoms with van der Waals surface area (Å²) in [4.78, 5) is 20.0. The molecule has 1 aliphatic heterocycles. The Balaban J connectivity index is 0.00000312. The van der Waals surface area contributed by atoms with Crippen LogP contribution in [-0.4, -0.2) is 57.5 Å². The van der Waals surface area contributed by atoms with Gasteiger partial charge in [-0.15, -0.1) is 24.0 Å². The maximum absolute atomic E-state index is 11.8. The molecule has 2 rings (SSSR count). The molecule has 0 bridgehead atoms. The SMILES string of the molecule is CN=C(NCCCN(C)C)NCc1ccc(N2CCCC2=O)cc1.I. The Morgan fingerprint density at radius 3 is 2.52 bits per heavy atom. The summed E-state index contributed by atoms with van der Waals surface area (Å²) in [6.07, 6.45) is 2.70. The maximum atomic E-state index is 11.8. The highest BCUT2D eigenvalue weighted by molar-refractivity contribution is 14.0. The fourth-order valence-corrected chi connectivity index (χ4v) is 2.72. The number of rotatable bonds is 7.